The highest BCUT2D eigenvalue weighted by Gasteiger charge is 2.37. The van der Waals surface area contributed by atoms with Crippen molar-refractivity contribution in [1.29, 1.82) is 0 Å². The number of thiazole rings is 1. The SMILES string of the molecule is CC(C)(C)C1CN(C(=O)O)CCN1c1ccc2cc(-c3nc4c(Cl)cccc4s3)c(=O)oc2c1. The molecule has 1 amide bonds. The smallest absolute Gasteiger partial charge is 0.407 e. The molecule has 0 bridgehead atoms. The molecule has 0 saturated carbocycles. The number of aromatic nitrogens is 1. The Labute approximate surface area is 205 Å². The van der Waals surface area contributed by atoms with Gasteiger partial charge in [0.25, 0.3) is 0 Å². The maximum Gasteiger partial charge on any atom is 0.407 e. The lowest BCUT2D eigenvalue weighted by Crippen LogP contribution is -2.59. The summed E-state index contributed by atoms with van der Waals surface area (Å²) in [7, 11) is 0. The third-order valence-corrected chi connectivity index (χ3v) is 7.66. The van der Waals surface area contributed by atoms with Crippen LogP contribution < -0.4 is 10.5 Å². The number of nitrogens with zero attached hydrogens (tertiary/aromatic N) is 3. The highest BCUT2D eigenvalue weighted by atomic mass is 35.5. The van der Waals surface area contributed by atoms with E-state index in [-0.39, 0.29) is 11.5 Å². The Morgan fingerprint density at radius 3 is 2.71 bits per heavy atom. The Bertz CT molecular complexity index is 1470. The summed E-state index contributed by atoms with van der Waals surface area (Å²) in [4.78, 5) is 32.7. The molecule has 1 fully saturated rings. The van der Waals surface area contributed by atoms with Gasteiger partial charge in [-0.05, 0) is 35.7 Å². The van der Waals surface area contributed by atoms with Gasteiger partial charge in [0, 0.05) is 36.8 Å². The van der Waals surface area contributed by atoms with Crippen LogP contribution >= 0.6 is 22.9 Å². The molecule has 0 spiro atoms. The highest BCUT2D eigenvalue weighted by Crippen LogP contribution is 2.35. The molecule has 1 unspecified atom stereocenters. The van der Waals surface area contributed by atoms with Gasteiger partial charge in [0.2, 0.25) is 0 Å². The number of fused-ring (bicyclic) bond motifs is 2. The molecular weight excluding hydrogens is 474 g/mol. The number of piperazine rings is 1. The number of benzene rings is 2. The van der Waals surface area contributed by atoms with Crippen molar-refractivity contribution < 1.29 is 14.3 Å². The number of amides is 1. The zero-order valence-electron chi connectivity index (χ0n) is 19.0. The second-order valence-corrected chi connectivity index (χ2v) is 11.0. The number of anilines is 1. The van der Waals surface area contributed by atoms with Crippen molar-refractivity contribution in [3.8, 4) is 10.6 Å². The first-order valence-electron chi connectivity index (χ1n) is 11.0. The monoisotopic (exact) mass is 497 g/mol. The number of para-hydroxylation sites is 1. The Kier molecular flexibility index (Phi) is 5.53. The fourth-order valence-electron chi connectivity index (χ4n) is 4.46. The molecule has 1 aliphatic heterocycles. The Morgan fingerprint density at radius 1 is 1.21 bits per heavy atom. The fourth-order valence-corrected chi connectivity index (χ4v) is 5.73. The van der Waals surface area contributed by atoms with Crippen molar-refractivity contribution in [2.45, 2.75) is 26.8 Å². The summed E-state index contributed by atoms with van der Waals surface area (Å²) >= 11 is 7.66. The summed E-state index contributed by atoms with van der Waals surface area (Å²) in [6.07, 6.45) is -0.901. The van der Waals surface area contributed by atoms with Gasteiger partial charge in [0.1, 0.15) is 16.1 Å². The molecule has 1 N–H and O–H groups in total. The first kappa shape index (κ1) is 22.7. The van der Waals surface area contributed by atoms with Gasteiger partial charge in [0.05, 0.1) is 21.3 Å². The molecule has 0 aliphatic carbocycles. The molecule has 34 heavy (non-hydrogen) atoms. The molecule has 1 atom stereocenters. The maximum absolute atomic E-state index is 12.9. The summed E-state index contributed by atoms with van der Waals surface area (Å²) in [5.74, 6) is 0. The zero-order valence-corrected chi connectivity index (χ0v) is 20.6. The summed E-state index contributed by atoms with van der Waals surface area (Å²) in [5, 5.41) is 11.4. The molecule has 4 aromatic rings. The average Bonchev–Trinajstić information content (AvgIpc) is 3.22. The van der Waals surface area contributed by atoms with Crippen LogP contribution in [0.25, 0.3) is 31.8 Å². The van der Waals surface area contributed by atoms with Crippen LogP contribution in [0.1, 0.15) is 20.8 Å². The molecule has 7 nitrogen and oxygen atoms in total. The maximum atomic E-state index is 12.9. The predicted molar refractivity (Wildman–Crippen MR) is 136 cm³/mol. The van der Waals surface area contributed by atoms with Crippen molar-refractivity contribution in [3.63, 3.8) is 0 Å². The molecule has 0 radical (unpaired) electrons. The lowest BCUT2D eigenvalue weighted by molar-refractivity contribution is 0.118. The van der Waals surface area contributed by atoms with E-state index in [2.05, 4.69) is 30.7 Å². The molecule has 9 heteroatoms. The minimum Gasteiger partial charge on any atom is -0.465 e. The van der Waals surface area contributed by atoms with E-state index < -0.39 is 11.7 Å². The van der Waals surface area contributed by atoms with Crippen molar-refractivity contribution in [3.05, 3.63) is 57.9 Å². The quantitative estimate of drug-likeness (QED) is 0.345. The topological polar surface area (TPSA) is 86.9 Å². The number of halogens is 1. The van der Waals surface area contributed by atoms with Crippen molar-refractivity contribution in [1.82, 2.24) is 9.88 Å². The number of hydrogen-bond acceptors (Lipinski definition) is 6. The fraction of sp³-hybridized carbons (Fsp3) is 0.320. The molecule has 5 rings (SSSR count). The second kappa shape index (κ2) is 8.29. The Morgan fingerprint density at radius 2 is 2.00 bits per heavy atom. The molecule has 176 valence electrons. The van der Waals surface area contributed by atoms with Crippen molar-refractivity contribution >= 4 is 55.9 Å². The molecule has 1 aliphatic rings. The van der Waals surface area contributed by atoms with Gasteiger partial charge in [-0.15, -0.1) is 11.3 Å². The van der Waals surface area contributed by atoms with E-state index in [1.807, 2.05) is 30.3 Å². The minimum atomic E-state index is -0.901. The Hall–Kier alpha value is -3.10. The summed E-state index contributed by atoms with van der Waals surface area (Å²) < 4.78 is 6.64. The lowest BCUT2D eigenvalue weighted by Gasteiger charge is -2.47. The molecule has 2 aromatic heterocycles. The van der Waals surface area contributed by atoms with E-state index >= 15 is 0 Å². The molecular formula is C25H24ClN3O4S. The molecule has 2 aromatic carbocycles. The zero-order chi connectivity index (χ0) is 24.2. The van der Waals surface area contributed by atoms with Crippen LogP contribution in [0.3, 0.4) is 0 Å². The van der Waals surface area contributed by atoms with Crippen LogP contribution in [0.2, 0.25) is 5.02 Å². The van der Waals surface area contributed by atoms with Gasteiger partial charge in [0.15, 0.2) is 0 Å². The normalized spacial score (nSPS) is 17.0. The van der Waals surface area contributed by atoms with Crippen LogP contribution in [-0.2, 0) is 0 Å². The average molecular weight is 498 g/mol. The van der Waals surface area contributed by atoms with E-state index in [0.29, 0.717) is 46.3 Å². The number of rotatable bonds is 2. The second-order valence-electron chi connectivity index (χ2n) is 9.58. The van der Waals surface area contributed by atoms with Gasteiger partial charge >= 0.3 is 11.7 Å². The standard InChI is InChI=1S/C25H24ClN3O4S/c1-25(2,3)20-13-28(24(31)32)9-10-29(20)15-8-7-14-11-16(23(30)33-18(14)12-15)22-27-21-17(26)5-4-6-19(21)34-22/h4-8,11-12,20H,9-10,13H2,1-3H3,(H,31,32). The van der Waals surface area contributed by atoms with Gasteiger partial charge < -0.3 is 19.3 Å². The van der Waals surface area contributed by atoms with Crippen LogP contribution in [0, 0.1) is 5.41 Å². The minimum absolute atomic E-state index is 0.0201. The Balaban J connectivity index is 1.53. The summed E-state index contributed by atoms with van der Waals surface area (Å²) in [6, 6.07) is 13.1. The summed E-state index contributed by atoms with van der Waals surface area (Å²) in [6.45, 7) is 7.71. The van der Waals surface area contributed by atoms with Crippen LogP contribution in [0.4, 0.5) is 10.5 Å². The summed E-state index contributed by atoms with van der Waals surface area (Å²) in [5.41, 5.74) is 1.86. The van der Waals surface area contributed by atoms with Gasteiger partial charge in [-0.25, -0.2) is 14.6 Å². The van der Waals surface area contributed by atoms with E-state index in [1.54, 1.807) is 12.1 Å². The van der Waals surface area contributed by atoms with E-state index in [1.165, 1.54) is 16.2 Å². The van der Waals surface area contributed by atoms with Crippen molar-refractivity contribution in [2.75, 3.05) is 24.5 Å². The first-order chi connectivity index (χ1) is 16.1. The van der Waals surface area contributed by atoms with E-state index in [0.717, 1.165) is 15.8 Å². The largest absolute Gasteiger partial charge is 0.465 e. The third kappa shape index (κ3) is 4.01. The number of carboxylic acid groups (broad SMARTS) is 1. The van der Waals surface area contributed by atoms with Crippen LogP contribution in [0.15, 0.2) is 51.7 Å². The number of hydrogen-bond donors (Lipinski definition) is 1. The first-order valence-corrected chi connectivity index (χ1v) is 12.2. The number of carbonyl (C=O) groups is 1. The van der Waals surface area contributed by atoms with Gasteiger partial charge in [-0.3, -0.25) is 0 Å². The molecule has 3 heterocycles. The van der Waals surface area contributed by atoms with Gasteiger partial charge in [-0.1, -0.05) is 38.4 Å². The van der Waals surface area contributed by atoms with Crippen molar-refractivity contribution in [2.24, 2.45) is 5.41 Å². The van der Waals surface area contributed by atoms with E-state index in [4.69, 9.17) is 16.0 Å². The van der Waals surface area contributed by atoms with Gasteiger partial charge in [-0.2, -0.15) is 0 Å². The lowest BCUT2D eigenvalue weighted by atomic mass is 9.84. The van der Waals surface area contributed by atoms with Crippen LogP contribution in [-0.4, -0.2) is 46.8 Å². The molecule has 1 saturated heterocycles. The van der Waals surface area contributed by atoms with Crippen LogP contribution in [0.5, 0.6) is 0 Å². The predicted octanol–water partition coefficient (Wildman–Crippen LogP) is 5.94. The third-order valence-electron chi connectivity index (χ3n) is 6.30. The highest BCUT2D eigenvalue weighted by molar-refractivity contribution is 7.21. The van der Waals surface area contributed by atoms with E-state index in [9.17, 15) is 14.7 Å².